The maximum Gasteiger partial charge on any atom is 0.230 e. The quantitative estimate of drug-likeness (QED) is 0.0792. The van der Waals surface area contributed by atoms with Crippen LogP contribution in [0, 0.1) is 16.3 Å². The van der Waals surface area contributed by atoms with E-state index in [1.807, 2.05) is 18.3 Å². The molecule has 1 aliphatic heterocycles. The molecule has 0 amide bonds. The highest BCUT2D eigenvalue weighted by Gasteiger charge is 2.28. The molecule has 1 aliphatic carbocycles. The predicted molar refractivity (Wildman–Crippen MR) is 214 cm³/mol. The summed E-state index contributed by atoms with van der Waals surface area (Å²) in [7, 11) is 0. The Labute approximate surface area is 330 Å². The number of hydrogen-bond acceptors (Lipinski definition) is 14. The lowest BCUT2D eigenvalue weighted by atomic mass is 10.0. The summed E-state index contributed by atoms with van der Waals surface area (Å²) < 4.78 is 4.98. The number of aromatic nitrogens is 10. The number of piperidine rings is 1. The van der Waals surface area contributed by atoms with Crippen LogP contribution in [0.5, 0.6) is 0 Å². The molecule has 0 radical (unpaired) electrons. The molecule has 302 valence electrons. The van der Waals surface area contributed by atoms with Crippen molar-refractivity contribution in [1.29, 1.82) is 0 Å². The summed E-state index contributed by atoms with van der Waals surface area (Å²) in [6.07, 6.45) is 18.3. The van der Waals surface area contributed by atoms with Crippen molar-refractivity contribution in [3.05, 3.63) is 94.1 Å². The zero-order valence-corrected chi connectivity index (χ0v) is 32.5. The molecule has 0 unspecified atom stereocenters. The predicted octanol–water partition coefficient (Wildman–Crippen LogP) is 3.18. The molecule has 18 heteroatoms. The van der Waals surface area contributed by atoms with E-state index in [-0.39, 0.29) is 31.2 Å². The van der Waals surface area contributed by atoms with Crippen molar-refractivity contribution in [2.45, 2.75) is 96.8 Å². The summed E-state index contributed by atoms with van der Waals surface area (Å²) in [5, 5.41) is 60.9. The second kappa shape index (κ2) is 18.4. The normalized spacial score (nSPS) is 18.1. The number of rotatable bonds is 14. The second-order valence-corrected chi connectivity index (χ2v) is 14.6. The Morgan fingerprint density at radius 1 is 0.772 bits per heavy atom. The molecule has 2 fully saturated rings. The minimum absolute atomic E-state index is 0.157. The second-order valence-electron chi connectivity index (χ2n) is 14.6. The monoisotopic (exact) mass is 780 g/mol. The molecule has 2 aliphatic rings. The third kappa shape index (κ3) is 9.23. The smallest absolute Gasteiger partial charge is 0.230 e. The SMILES string of the molecule is CCc1cnn2c(NCc3ccc[n+]([O-])c3)nc(N3CCCC[C@H]3CCO)nc12.CCc1cnn2c(NCc3ccc[n+]([O-])c3)nc(N[C@H]3CCC[C@H]3CO)nc12. The number of hydrogen-bond donors (Lipinski definition) is 5. The molecule has 7 heterocycles. The van der Waals surface area contributed by atoms with Gasteiger partial charge in [-0.3, -0.25) is 0 Å². The first-order valence-corrected chi connectivity index (χ1v) is 19.9. The number of anilines is 4. The van der Waals surface area contributed by atoms with Crippen LogP contribution in [0.4, 0.5) is 23.8 Å². The number of aryl methyl sites for hydroxylation is 2. The van der Waals surface area contributed by atoms with Crippen molar-refractivity contribution in [2.75, 3.05) is 40.6 Å². The summed E-state index contributed by atoms with van der Waals surface area (Å²) in [6, 6.07) is 7.62. The van der Waals surface area contributed by atoms with Crippen molar-refractivity contribution < 1.29 is 19.7 Å². The molecule has 0 aromatic carbocycles. The molecule has 5 N–H and O–H groups in total. The summed E-state index contributed by atoms with van der Waals surface area (Å²) >= 11 is 0. The van der Waals surface area contributed by atoms with Crippen LogP contribution in [-0.2, 0) is 25.9 Å². The van der Waals surface area contributed by atoms with Crippen molar-refractivity contribution in [1.82, 2.24) is 39.2 Å². The van der Waals surface area contributed by atoms with Crippen LogP contribution in [-0.4, -0.2) is 81.2 Å². The molecule has 1 saturated heterocycles. The lowest BCUT2D eigenvalue weighted by Gasteiger charge is -2.35. The Balaban J connectivity index is 0.000000174. The summed E-state index contributed by atoms with van der Waals surface area (Å²) in [5.74, 6) is 2.58. The number of aliphatic hydroxyl groups is 2. The molecule has 0 spiro atoms. The van der Waals surface area contributed by atoms with Crippen LogP contribution in [0.2, 0.25) is 0 Å². The van der Waals surface area contributed by atoms with Gasteiger partial charge in [0.2, 0.25) is 23.8 Å². The first-order valence-electron chi connectivity index (χ1n) is 19.9. The van der Waals surface area contributed by atoms with Gasteiger partial charge in [0.15, 0.2) is 36.1 Å². The molecule has 6 aromatic heterocycles. The third-order valence-corrected chi connectivity index (χ3v) is 10.8. The molecular formula is C39H52N14O4. The zero-order valence-electron chi connectivity index (χ0n) is 32.5. The van der Waals surface area contributed by atoms with Crippen molar-refractivity contribution in [3.8, 4) is 0 Å². The van der Waals surface area contributed by atoms with Crippen LogP contribution in [0.1, 0.15) is 81.0 Å². The molecule has 1 saturated carbocycles. The van der Waals surface area contributed by atoms with Gasteiger partial charge in [-0.2, -0.15) is 48.6 Å². The Morgan fingerprint density at radius 3 is 2.00 bits per heavy atom. The highest BCUT2D eigenvalue weighted by atomic mass is 16.5. The fourth-order valence-electron chi connectivity index (χ4n) is 7.65. The average Bonchev–Trinajstić information content (AvgIpc) is 3.98. The standard InChI is InChI=1S/C20H27N7O2.C19H25N7O2/c1-2-16-13-22-27-18(16)23-20(26-10-4-3-7-17(26)8-11-28)24-19(27)21-12-15-6-5-9-25(29)14-15;1-2-14-10-21-26-17(14)23-18(22-16-7-3-6-15(16)12-27)24-19(26)20-9-13-5-4-8-25(28)11-13/h5-6,9,13-14,17,28H,2-4,7-8,10-12H2,1H3,(H,21,23,24);4-5,8,10-11,15-16,27H,2-3,6-7,9,12H2,1H3,(H2,20,22,23,24)/t17-;15-,16-/m00/s1. The number of pyridine rings is 2. The minimum Gasteiger partial charge on any atom is -0.619 e. The zero-order chi connectivity index (χ0) is 39.7. The van der Waals surface area contributed by atoms with E-state index in [4.69, 9.17) is 9.97 Å². The van der Waals surface area contributed by atoms with Crippen LogP contribution < -0.4 is 30.3 Å². The molecule has 18 nitrogen and oxygen atoms in total. The highest BCUT2D eigenvalue weighted by molar-refractivity contribution is 5.56. The topological polar surface area (TPSA) is 220 Å². The average molecular weight is 781 g/mol. The van der Waals surface area contributed by atoms with Crippen LogP contribution in [0.15, 0.2) is 61.4 Å². The van der Waals surface area contributed by atoms with Crippen LogP contribution in [0.3, 0.4) is 0 Å². The van der Waals surface area contributed by atoms with Crippen molar-refractivity contribution >= 4 is 35.1 Å². The van der Waals surface area contributed by atoms with E-state index in [1.165, 1.54) is 24.8 Å². The summed E-state index contributed by atoms with van der Waals surface area (Å²) in [6.45, 7) is 6.25. The molecule has 8 rings (SSSR count). The Morgan fingerprint density at radius 2 is 1.40 bits per heavy atom. The maximum atomic E-state index is 11.5. The van der Waals surface area contributed by atoms with Crippen LogP contribution in [0.25, 0.3) is 11.3 Å². The van der Waals surface area contributed by atoms with Gasteiger partial charge in [-0.15, -0.1) is 0 Å². The van der Waals surface area contributed by atoms with Crippen molar-refractivity contribution in [3.63, 3.8) is 0 Å². The number of fused-ring (bicyclic) bond motifs is 2. The van der Waals surface area contributed by atoms with Gasteiger partial charge in [-0.05, 0) is 63.5 Å². The fourth-order valence-corrected chi connectivity index (χ4v) is 7.65. The van der Waals surface area contributed by atoms with E-state index in [9.17, 15) is 20.6 Å². The number of nitrogens with one attached hydrogen (secondary N) is 3. The van der Waals surface area contributed by atoms with E-state index in [0.717, 1.165) is 101 Å². The van der Waals surface area contributed by atoms with E-state index < -0.39 is 0 Å². The summed E-state index contributed by atoms with van der Waals surface area (Å²) in [5.41, 5.74) is 5.35. The van der Waals surface area contributed by atoms with E-state index in [2.05, 4.69) is 54.9 Å². The third-order valence-electron chi connectivity index (χ3n) is 10.8. The lowest BCUT2D eigenvalue weighted by molar-refractivity contribution is -0.606. The minimum atomic E-state index is 0.157. The largest absolute Gasteiger partial charge is 0.619 e. The van der Waals surface area contributed by atoms with E-state index in [0.29, 0.717) is 43.3 Å². The Hall–Kier alpha value is -5.88. The molecule has 57 heavy (non-hydrogen) atoms. The van der Waals surface area contributed by atoms with E-state index in [1.54, 1.807) is 27.4 Å². The number of aliphatic hydroxyl groups excluding tert-OH is 2. The van der Waals surface area contributed by atoms with E-state index >= 15 is 0 Å². The molecule has 3 atom stereocenters. The van der Waals surface area contributed by atoms with Gasteiger partial charge >= 0.3 is 0 Å². The van der Waals surface area contributed by atoms with Crippen molar-refractivity contribution in [2.24, 2.45) is 5.92 Å². The van der Waals surface area contributed by atoms with Gasteiger partial charge < -0.3 is 41.5 Å². The number of nitrogens with zero attached hydrogens (tertiary/aromatic N) is 11. The Bertz CT molecular complexity index is 2240. The first-order chi connectivity index (χ1) is 27.9. The molecule has 0 bridgehead atoms. The van der Waals surface area contributed by atoms with Gasteiger partial charge in [0, 0.05) is 85.2 Å². The van der Waals surface area contributed by atoms with Gasteiger partial charge in [0.05, 0.1) is 12.4 Å². The molecular weight excluding hydrogens is 729 g/mol. The first kappa shape index (κ1) is 39.4. The van der Waals surface area contributed by atoms with Gasteiger partial charge in [0.25, 0.3) is 0 Å². The van der Waals surface area contributed by atoms with Gasteiger partial charge in [0.1, 0.15) is 0 Å². The van der Waals surface area contributed by atoms with Gasteiger partial charge in [-0.1, -0.05) is 20.3 Å². The summed E-state index contributed by atoms with van der Waals surface area (Å²) in [4.78, 5) is 21.1. The lowest BCUT2D eigenvalue weighted by Crippen LogP contribution is -2.41. The van der Waals surface area contributed by atoms with Gasteiger partial charge in [-0.25, -0.2) is 0 Å². The Kier molecular flexibility index (Phi) is 12.7. The maximum absolute atomic E-state index is 11.5. The molecule has 6 aromatic rings. The van der Waals surface area contributed by atoms with Crippen LogP contribution >= 0.6 is 0 Å². The fraction of sp³-hybridized carbons (Fsp3) is 0.487. The highest BCUT2D eigenvalue weighted by Crippen LogP contribution is 2.29.